The molecule has 2 unspecified atom stereocenters. The quantitative estimate of drug-likeness (QED) is 0.812. The number of amides is 1. The van der Waals surface area contributed by atoms with Gasteiger partial charge in [0.15, 0.2) is 0 Å². The normalized spacial score (nSPS) is 42.9. The van der Waals surface area contributed by atoms with Crippen LogP contribution in [0.2, 0.25) is 0 Å². The second kappa shape index (κ2) is 4.74. The molecule has 0 aromatic rings. The lowest BCUT2D eigenvalue weighted by Gasteiger charge is -2.47. The van der Waals surface area contributed by atoms with Crippen molar-refractivity contribution in [2.24, 2.45) is 17.1 Å². The maximum atomic E-state index is 12.8. The lowest BCUT2D eigenvalue weighted by molar-refractivity contribution is -0.150. The van der Waals surface area contributed by atoms with Crippen LogP contribution in [0.15, 0.2) is 0 Å². The zero-order valence-electron chi connectivity index (χ0n) is 12.3. The molecule has 0 spiro atoms. The minimum Gasteiger partial charge on any atom is -0.341 e. The van der Waals surface area contributed by atoms with Gasteiger partial charge in [-0.3, -0.25) is 9.69 Å². The van der Waals surface area contributed by atoms with Gasteiger partial charge in [0, 0.05) is 31.7 Å². The fraction of sp³-hybridized carbons (Fsp3) is 0.933. The van der Waals surface area contributed by atoms with Crippen molar-refractivity contribution in [1.29, 1.82) is 0 Å². The summed E-state index contributed by atoms with van der Waals surface area (Å²) in [6.45, 7) is 4.60. The molecule has 0 aromatic heterocycles. The Balaban J connectivity index is 1.71. The zero-order chi connectivity index (χ0) is 13.6. The Kier molecular flexibility index (Phi) is 3.34. The van der Waals surface area contributed by atoms with E-state index in [4.69, 9.17) is 5.73 Å². The summed E-state index contributed by atoms with van der Waals surface area (Å²) >= 11 is 0. The average molecular weight is 265 g/mol. The van der Waals surface area contributed by atoms with E-state index in [1.54, 1.807) is 0 Å². The Labute approximate surface area is 116 Å². The van der Waals surface area contributed by atoms with E-state index in [-0.39, 0.29) is 5.41 Å². The first-order valence-electron chi connectivity index (χ1n) is 7.77. The van der Waals surface area contributed by atoms with E-state index in [1.807, 2.05) is 0 Å². The van der Waals surface area contributed by atoms with Crippen LogP contribution < -0.4 is 5.73 Å². The SMILES string of the molecule is CC1CC(CN)(C(=O)N2CCC3CCC(C2)N3C)C1. The molecule has 2 N–H and O–H groups in total. The van der Waals surface area contributed by atoms with Gasteiger partial charge in [-0.25, -0.2) is 0 Å². The van der Waals surface area contributed by atoms with Crippen molar-refractivity contribution in [1.82, 2.24) is 9.80 Å². The first-order valence-corrected chi connectivity index (χ1v) is 7.77. The van der Waals surface area contributed by atoms with Gasteiger partial charge in [-0.15, -0.1) is 0 Å². The molecular weight excluding hydrogens is 238 g/mol. The Bertz CT molecular complexity index is 364. The minimum atomic E-state index is -0.221. The van der Waals surface area contributed by atoms with Crippen LogP contribution in [0.25, 0.3) is 0 Å². The summed E-state index contributed by atoms with van der Waals surface area (Å²) in [5.41, 5.74) is 5.70. The predicted octanol–water partition coefficient (Wildman–Crippen LogP) is 1.06. The molecule has 2 saturated heterocycles. The van der Waals surface area contributed by atoms with E-state index >= 15 is 0 Å². The highest BCUT2D eigenvalue weighted by atomic mass is 16.2. The number of carbonyl (C=O) groups excluding carboxylic acids is 1. The summed E-state index contributed by atoms with van der Waals surface area (Å²) < 4.78 is 0. The second-order valence-electron chi connectivity index (χ2n) is 7.09. The van der Waals surface area contributed by atoms with E-state index in [0.717, 1.165) is 32.4 Å². The van der Waals surface area contributed by atoms with E-state index in [9.17, 15) is 4.79 Å². The number of nitrogens with two attached hydrogens (primary N) is 1. The van der Waals surface area contributed by atoms with Crippen molar-refractivity contribution in [2.45, 2.75) is 51.1 Å². The van der Waals surface area contributed by atoms with Gasteiger partial charge >= 0.3 is 0 Å². The van der Waals surface area contributed by atoms with Gasteiger partial charge in [-0.05, 0) is 45.1 Å². The fourth-order valence-electron chi connectivity index (χ4n) is 4.53. The van der Waals surface area contributed by atoms with Crippen molar-refractivity contribution < 1.29 is 4.79 Å². The molecule has 3 aliphatic rings. The van der Waals surface area contributed by atoms with Crippen LogP contribution in [0.5, 0.6) is 0 Å². The smallest absolute Gasteiger partial charge is 0.230 e. The van der Waals surface area contributed by atoms with Crippen LogP contribution in [-0.2, 0) is 4.79 Å². The van der Waals surface area contributed by atoms with Crippen LogP contribution >= 0.6 is 0 Å². The van der Waals surface area contributed by atoms with Crippen LogP contribution in [0, 0.1) is 11.3 Å². The minimum absolute atomic E-state index is 0.221. The van der Waals surface area contributed by atoms with Gasteiger partial charge in [0.25, 0.3) is 0 Å². The van der Waals surface area contributed by atoms with E-state index in [2.05, 4.69) is 23.8 Å². The molecule has 2 bridgehead atoms. The maximum Gasteiger partial charge on any atom is 0.230 e. The molecule has 1 saturated carbocycles. The zero-order valence-corrected chi connectivity index (χ0v) is 12.3. The molecule has 1 amide bonds. The molecule has 2 atom stereocenters. The number of fused-ring (bicyclic) bond motifs is 2. The number of hydrogen-bond donors (Lipinski definition) is 1. The predicted molar refractivity (Wildman–Crippen MR) is 75.7 cm³/mol. The van der Waals surface area contributed by atoms with E-state index in [0.29, 0.717) is 30.5 Å². The third kappa shape index (κ3) is 2.09. The number of carbonyl (C=O) groups is 1. The summed E-state index contributed by atoms with van der Waals surface area (Å²) in [4.78, 5) is 17.5. The summed E-state index contributed by atoms with van der Waals surface area (Å²) in [7, 11) is 2.22. The Hall–Kier alpha value is -0.610. The molecule has 4 nitrogen and oxygen atoms in total. The second-order valence-corrected chi connectivity index (χ2v) is 7.09. The van der Waals surface area contributed by atoms with Crippen LogP contribution in [0.4, 0.5) is 0 Å². The van der Waals surface area contributed by atoms with Gasteiger partial charge in [0.2, 0.25) is 5.91 Å². The summed E-state index contributed by atoms with van der Waals surface area (Å²) in [6.07, 6.45) is 5.67. The van der Waals surface area contributed by atoms with Crippen molar-refractivity contribution >= 4 is 5.91 Å². The van der Waals surface area contributed by atoms with Gasteiger partial charge in [0.1, 0.15) is 0 Å². The topological polar surface area (TPSA) is 49.6 Å². The van der Waals surface area contributed by atoms with Gasteiger partial charge in [-0.2, -0.15) is 0 Å². The number of rotatable bonds is 2. The molecule has 3 fully saturated rings. The number of nitrogens with zero attached hydrogens (tertiary/aromatic N) is 2. The standard InChI is InChI=1S/C15H27N3O/c1-11-7-15(8-11,10-16)14(19)18-6-5-12-3-4-13(9-18)17(12)2/h11-13H,3-10,16H2,1-2H3. The van der Waals surface area contributed by atoms with Gasteiger partial charge < -0.3 is 10.6 Å². The highest BCUT2D eigenvalue weighted by molar-refractivity contribution is 5.84. The first kappa shape index (κ1) is 13.4. The third-order valence-corrected chi connectivity index (χ3v) is 5.76. The largest absolute Gasteiger partial charge is 0.341 e. The van der Waals surface area contributed by atoms with Crippen LogP contribution in [0.3, 0.4) is 0 Å². The van der Waals surface area contributed by atoms with Crippen molar-refractivity contribution in [3.05, 3.63) is 0 Å². The molecule has 108 valence electrons. The van der Waals surface area contributed by atoms with E-state index in [1.165, 1.54) is 12.8 Å². The molecule has 4 heteroatoms. The Morgan fingerprint density at radius 2 is 1.95 bits per heavy atom. The molecule has 0 aromatic carbocycles. The number of hydrogen-bond acceptors (Lipinski definition) is 3. The monoisotopic (exact) mass is 265 g/mol. The Morgan fingerprint density at radius 3 is 2.58 bits per heavy atom. The summed E-state index contributed by atoms with van der Waals surface area (Å²) in [5.74, 6) is 1.01. The highest BCUT2D eigenvalue weighted by Crippen LogP contribution is 2.46. The fourth-order valence-corrected chi connectivity index (χ4v) is 4.53. The summed E-state index contributed by atoms with van der Waals surface area (Å²) in [6, 6.07) is 1.26. The molecule has 3 rings (SSSR count). The number of likely N-dealkylation sites (tertiary alicyclic amines) is 1. The number of likely N-dealkylation sites (N-methyl/N-ethyl adjacent to an activating group) is 1. The van der Waals surface area contributed by atoms with E-state index < -0.39 is 0 Å². The lowest BCUT2D eigenvalue weighted by atomic mass is 9.61. The van der Waals surface area contributed by atoms with Gasteiger partial charge in [0.05, 0.1) is 5.41 Å². The van der Waals surface area contributed by atoms with Crippen molar-refractivity contribution in [3.8, 4) is 0 Å². The molecule has 19 heavy (non-hydrogen) atoms. The van der Waals surface area contributed by atoms with Crippen LogP contribution in [0.1, 0.15) is 39.0 Å². The third-order valence-electron chi connectivity index (χ3n) is 5.76. The lowest BCUT2D eigenvalue weighted by Crippen LogP contribution is -2.56. The van der Waals surface area contributed by atoms with Crippen LogP contribution in [-0.4, -0.2) is 54.5 Å². The maximum absolute atomic E-state index is 12.8. The van der Waals surface area contributed by atoms with Crippen molar-refractivity contribution in [3.63, 3.8) is 0 Å². The molecule has 2 aliphatic heterocycles. The molecule has 1 aliphatic carbocycles. The molecular formula is C15H27N3O. The molecule has 0 radical (unpaired) electrons. The average Bonchev–Trinajstić information content (AvgIpc) is 2.58. The first-order chi connectivity index (χ1) is 9.05. The Morgan fingerprint density at radius 1 is 1.26 bits per heavy atom. The van der Waals surface area contributed by atoms with Crippen molar-refractivity contribution in [2.75, 3.05) is 26.7 Å². The highest BCUT2D eigenvalue weighted by Gasteiger charge is 2.50. The molecule has 2 heterocycles. The van der Waals surface area contributed by atoms with Gasteiger partial charge in [-0.1, -0.05) is 6.92 Å². The summed E-state index contributed by atoms with van der Waals surface area (Å²) in [5, 5.41) is 0.